The van der Waals surface area contributed by atoms with Crippen LogP contribution >= 0.6 is 0 Å². The van der Waals surface area contributed by atoms with Crippen LogP contribution in [0.15, 0.2) is 72.8 Å². The van der Waals surface area contributed by atoms with E-state index in [2.05, 4.69) is 55.5 Å². The molecule has 0 saturated heterocycles. The lowest BCUT2D eigenvalue weighted by Crippen LogP contribution is -2.28. The normalized spacial score (nSPS) is 12.5. The molecule has 0 aromatic heterocycles. The summed E-state index contributed by atoms with van der Waals surface area (Å²) in [5.41, 5.74) is 3.40. The van der Waals surface area contributed by atoms with Gasteiger partial charge in [-0.15, -0.1) is 0 Å². The Labute approximate surface area is 184 Å². The minimum Gasteiger partial charge on any atom is -0.490 e. The monoisotopic (exact) mass is 418 g/mol. The summed E-state index contributed by atoms with van der Waals surface area (Å²) in [5, 5.41) is 2.48. The van der Waals surface area contributed by atoms with Crippen LogP contribution in [0.2, 0.25) is 0 Å². The minimum absolute atomic E-state index is 0.321. The molecule has 0 aliphatic heterocycles. The van der Waals surface area contributed by atoms with E-state index in [9.17, 15) is 4.79 Å². The average molecular weight is 419 g/mol. The third kappa shape index (κ3) is 6.19. The predicted molar refractivity (Wildman–Crippen MR) is 125 cm³/mol. The average Bonchev–Trinajstić information content (AvgIpc) is 2.79. The Balaban J connectivity index is 1.60. The zero-order valence-corrected chi connectivity index (χ0v) is 18.5. The zero-order chi connectivity index (χ0) is 22.1. The number of rotatable bonds is 10. The first-order valence-corrected chi connectivity index (χ1v) is 10.8. The van der Waals surface area contributed by atoms with Crippen molar-refractivity contribution in [3.05, 3.63) is 83.9 Å². The van der Waals surface area contributed by atoms with Gasteiger partial charge in [0.05, 0.1) is 6.61 Å². The molecule has 0 saturated carbocycles. The van der Waals surface area contributed by atoms with Crippen LogP contribution in [-0.2, 0) is 20.7 Å². The molecule has 162 valence electrons. The van der Waals surface area contributed by atoms with Gasteiger partial charge in [-0.2, -0.15) is 0 Å². The van der Waals surface area contributed by atoms with E-state index in [1.54, 1.807) is 6.92 Å². The van der Waals surface area contributed by atoms with Crippen molar-refractivity contribution in [3.63, 3.8) is 0 Å². The van der Waals surface area contributed by atoms with Crippen molar-refractivity contribution < 1.29 is 19.0 Å². The van der Waals surface area contributed by atoms with Gasteiger partial charge in [0.15, 0.2) is 6.10 Å². The lowest BCUT2D eigenvalue weighted by Gasteiger charge is -2.15. The third-order valence-corrected chi connectivity index (χ3v) is 5.12. The number of ether oxygens (including phenoxy) is 3. The highest BCUT2D eigenvalue weighted by Crippen LogP contribution is 2.25. The third-order valence-electron chi connectivity index (χ3n) is 5.12. The lowest BCUT2D eigenvalue weighted by atomic mass is 9.99. The first kappa shape index (κ1) is 22.6. The van der Waals surface area contributed by atoms with Crippen LogP contribution in [0.3, 0.4) is 0 Å². The second-order valence-electron chi connectivity index (χ2n) is 7.27. The van der Waals surface area contributed by atoms with Crippen molar-refractivity contribution >= 4 is 22.3 Å². The standard InChI is InChI=1S/C27H30O4/c1-4-29-26(27(28)30-5-2)19-21-13-15-23(16-14-21)31-18-17-20(3)24-12-8-10-22-9-6-7-11-25(22)24/h6-17,26H,4-5,18-19H2,1-3H3/b20-17+. The first-order chi connectivity index (χ1) is 15.1. The SMILES string of the molecule is CCOC(=O)C(Cc1ccc(OC/C=C(\C)c2cccc3ccccc23)cc1)OCC. The maximum absolute atomic E-state index is 12.0. The van der Waals surface area contributed by atoms with Gasteiger partial charge in [0.1, 0.15) is 12.4 Å². The van der Waals surface area contributed by atoms with Crippen molar-refractivity contribution in [2.45, 2.75) is 33.3 Å². The van der Waals surface area contributed by atoms with Crippen molar-refractivity contribution in [2.75, 3.05) is 19.8 Å². The molecule has 0 radical (unpaired) electrons. The Morgan fingerprint density at radius 3 is 2.42 bits per heavy atom. The number of carbonyl (C=O) groups is 1. The summed E-state index contributed by atoms with van der Waals surface area (Å²) < 4.78 is 16.5. The molecule has 3 aromatic rings. The van der Waals surface area contributed by atoms with Crippen LogP contribution in [0.1, 0.15) is 31.9 Å². The second kappa shape index (κ2) is 11.3. The van der Waals surface area contributed by atoms with Crippen molar-refractivity contribution in [1.82, 2.24) is 0 Å². The van der Waals surface area contributed by atoms with Gasteiger partial charge in [-0.25, -0.2) is 4.79 Å². The summed E-state index contributed by atoms with van der Waals surface area (Å²) >= 11 is 0. The fourth-order valence-corrected chi connectivity index (χ4v) is 3.52. The number of hydrogen-bond acceptors (Lipinski definition) is 4. The quantitative estimate of drug-likeness (QED) is 0.389. The molecule has 1 unspecified atom stereocenters. The van der Waals surface area contributed by atoms with Crippen LogP contribution in [0, 0.1) is 0 Å². The van der Waals surface area contributed by atoms with E-state index >= 15 is 0 Å². The highest BCUT2D eigenvalue weighted by Gasteiger charge is 2.20. The number of carbonyl (C=O) groups excluding carboxylic acids is 1. The topological polar surface area (TPSA) is 44.8 Å². The number of fused-ring (bicyclic) bond motifs is 1. The Hall–Kier alpha value is -3.11. The molecule has 3 aromatic carbocycles. The maximum atomic E-state index is 12.0. The molecule has 0 N–H and O–H groups in total. The Kier molecular flexibility index (Phi) is 8.25. The van der Waals surface area contributed by atoms with Crippen molar-refractivity contribution in [3.8, 4) is 5.75 Å². The van der Waals surface area contributed by atoms with E-state index in [-0.39, 0.29) is 5.97 Å². The summed E-state index contributed by atoms with van der Waals surface area (Å²) in [6, 6.07) is 22.5. The van der Waals surface area contributed by atoms with Gasteiger partial charge in [-0.3, -0.25) is 0 Å². The Morgan fingerprint density at radius 2 is 1.68 bits per heavy atom. The first-order valence-electron chi connectivity index (χ1n) is 10.8. The van der Waals surface area contributed by atoms with Gasteiger partial charge in [0.25, 0.3) is 0 Å². The molecule has 3 rings (SSSR count). The highest BCUT2D eigenvalue weighted by atomic mass is 16.6. The van der Waals surface area contributed by atoms with Gasteiger partial charge < -0.3 is 14.2 Å². The van der Waals surface area contributed by atoms with Gasteiger partial charge in [-0.1, -0.05) is 54.6 Å². The molecular weight excluding hydrogens is 388 g/mol. The second-order valence-corrected chi connectivity index (χ2v) is 7.27. The summed E-state index contributed by atoms with van der Waals surface area (Å²) in [7, 11) is 0. The summed E-state index contributed by atoms with van der Waals surface area (Å²) in [5.74, 6) is 0.466. The van der Waals surface area contributed by atoms with Gasteiger partial charge in [0.2, 0.25) is 0 Å². The summed E-state index contributed by atoms with van der Waals surface area (Å²) in [4.78, 5) is 12.0. The number of esters is 1. The molecule has 4 heteroatoms. The zero-order valence-electron chi connectivity index (χ0n) is 18.5. The van der Waals surface area contributed by atoms with Crippen LogP contribution < -0.4 is 4.74 Å². The van der Waals surface area contributed by atoms with Crippen LogP contribution in [-0.4, -0.2) is 31.9 Å². The molecule has 31 heavy (non-hydrogen) atoms. The van der Waals surface area contributed by atoms with E-state index in [0.717, 1.165) is 11.3 Å². The molecule has 0 bridgehead atoms. The molecule has 0 heterocycles. The van der Waals surface area contributed by atoms with Gasteiger partial charge in [0, 0.05) is 13.0 Å². The smallest absolute Gasteiger partial charge is 0.335 e. The van der Waals surface area contributed by atoms with Crippen molar-refractivity contribution in [2.24, 2.45) is 0 Å². The molecule has 0 amide bonds. The van der Waals surface area contributed by atoms with E-state index in [4.69, 9.17) is 14.2 Å². The number of allylic oxidation sites excluding steroid dienone is 1. The van der Waals surface area contributed by atoms with E-state index in [1.165, 1.54) is 21.9 Å². The number of hydrogen-bond donors (Lipinski definition) is 0. The van der Waals surface area contributed by atoms with Crippen LogP contribution in [0.25, 0.3) is 16.3 Å². The largest absolute Gasteiger partial charge is 0.490 e. The molecule has 4 nitrogen and oxygen atoms in total. The summed E-state index contributed by atoms with van der Waals surface area (Å²) in [6.45, 7) is 7.07. The maximum Gasteiger partial charge on any atom is 0.335 e. The van der Waals surface area contributed by atoms with E-state index in [1.807, 2.05) is 31.2 Å². The Bertz CT molecular complexity index is 1020. The molecule has 1 atom stereocenters. The molecule has 0 aliphatic carbocycles. The van der Waals surface area contributed by atoms with E-state index in [0.29, 0.717) is 26.2 Å². The van der Waals surface area contributed by atoms with Crippen LogP contribution in [0.5, 0.6) is 5.75 Å². The lowest BCUT2D eigenvalue weighted by molar-refractivity contribution is -0.156. The fraction of sp³-hybridized carbons (Fsp3) is 0.296. The molecule has 0 spiro atoms. The summed E-state index contributed by atoms with van der Waals surface area (Å²) in [6.07, 6.45) is 2.00. The highest BCUT2D eigenvalue weighted by molar-refractivity contribution is 5.93. The Morgan fingerprint density at radius 1 is 0.935 bits per heavy atom. The van der Waals surface area contributed by atoms with E-state index < -0.39 is 6.10 Å². The van der Waals surface area contributed by atoms with Crippen molar-refractivity contribution in [1.29, 1.82) is 0 Å². The molecule has 0 fully saturated rings. The fourth-order valence-electron chi connectivity index (χ4n) is 3.52. The van der Waals surface area contributed by atoms with Crippen LogP contribution in [0.4, 0.5) is 0 Å². The molecular formula is C27H30O4. The molecule has 0 aliphatic rings. The number of benzene rings is 3. The predicted octanol–water partition coefficient (Wildman–Crippen LogP) is 5.83. The van der Waals surface area contributed by atoms with Gasteiger partial charge in [-0.05, 0) is 66.5 Å². The van der Waals surface area contributed by atoms with Gasteiger partial charge >= 0.3 is 5.97 Å². The minimum atomic E-state index is -0.581.